The van der Waals surface area contributed by atoms with E-state index in [0.29, 0.717) is 0 Å². The Kier molecular flexibility index (Phi) is 5.26. The van der Waals surface area contributed by atoms with E-state index < -0.39 is 0 Å². The maximum absolute atomic E-state index is 4.97. The van der Waals surface area contributed by atoms with Crippen LogP contribution < -0.4 is 5.32 Å². The summed E-state index contributed by atoms with van der Waals surface area (Å²) in [5.74, 6) is 0. The average molecular weight is 263 g/mol. The van der Waals surface area contributed by atoms with Crippen LogP contribution in [-0.2, 0) is 11.2 Å². The van der Waals surface area contributed by atoms with Crippen molar-refractivity contribution in [2.24, 2.45) is 0 Å². The zero-order chi connectivity index (χ0) is 12.6. The van der Waals surface area contributed by atoms with Gasteiger partial charge in [0.2, 0.25) is 0 Å². The molecule has 5 heteroatoms. The van der Waals surface area contributed by atoms with Crippen LogP contribution in [0.1, 0.15) is 5.01 Å². The molecule has 0 saturated heterocycles. The molecule has 0 aliphatic heterocycles. The first-order valence-corrected chi connectivity index (χ1v) is 6.82. The minimum Gasteiger partial charge on any atom is -0.383 e. The van der Waals surface area contributed by atoms with E-state index >= 15 is 0 Å². The molecule has 1 N–H and O–H groups in total. The fourth-order valence-electron chi connectivity index (χ4n) is 1.58. The largest absolute Gasteiger partial charge is 0.383 e. The number of ether oxygens (including phenoxy) is 1. The highest BCUT2D eigenvalue weighted by molar-refractivity contribution is 7.09. The van der Waals surface area contributed by atoms with E-state index in [0.717, 1.165) is 42.4 Å². The first kappa shape index (κ1) is 13.1. The Morgan fingerprint density at radius 3 is 2.89 bits per heavy atom. The molecular formula is C13H17N3OS. The van der Waals surface area contributed by atoms with Gasteiger partial charge in [0.1, 0.15) is 0 Å². The summed E-state index contributed by atoms with van der Waals surface area (Å²) in [6, 6.07) is 3.96. The van der Waals surface area contributed by atoms with E-state index in [-0.39, 0.29) is 0 Å². The highest BCUT2D eigenvalue weighted by Crippen LogP contribution is 2.20. The van der Waals surface area contributed by atoms with E-state index in [2.05, 4.69) is 20.7 Å². The van der Waals surface area contributed by atoms with Crippen molar-refractivity contribution >= 4 is 11.3 Å². The standard InChI is InChI=1S/C13H17N3OS/c1-17-9-8-15-7-4-13-16-12(10-18-13)11-2-5-14-6-3-11/h2-3,5-6,10,15H,4,7-9H2,1H3. The van der Waals surface area contributed by atoms with Crippen molar-refractivity contribution in [1.29, 1.82) is 0 Å². The van der Waals surface area contributed by atoms with Gasteiger partial charge in [0.15, 0.2) is 0 Å². The van der Waals surface area contributed by atoms with Gasteiger partial charge < -0.3 is 10.1 Å². The second kappa shape index (κ2) is 7.20. The maximum atomic E-state index is 4.97. The van der Waals surface area contributed by atoms with Crippen LogP contribution in [0.15, 0.2) is 29.9 Å². The molecule has 0 radical (unpaired) electrons. The van der Waals surface area contributed by atoms with E-state index in [1.807, 2.05) is 12.1 Å². The van der Waals surface area contributed by atoms with E-state index in [9.17, 15) is 0 Å². The van der Waals surface area contributed by atoms with E-state index in [4.69, 9.17) is 4.74 Å². The molecule has 0 atom stereocenters. The SMILES string of the molecule is COCCNCCc1nc(-c2ccncc2)cs1. The first-order valence-electron chi connectivity index (χ1n) is 5.94. The third kappa shape index (κ3) is 3.87. The number of hydrogen-bond donors (Lipinski definition) is 1. The highest BCUT2D eigenvalue weighted by atomic mass is 32.1. The van der Waals surface area contributed by atoms with Gasteiger partial charge in [0.25, 0.3) is 0 Å². The molecule has 2 rings (SSSR count). The summed E-state index contributed by atoms with van der Waals surface area (Å²) >= 11 is 1.71. The number of nitrogens with one attached hydrogen (secondary N) is 1. The van der Waals surface area contributed by atoms with Crippen LogP contribution in [0.25, 0.3) is 11.3 Å². The van der Waals surface area contributed by atoms with E-state index in [1.165, 1.54) is 0 Å². The molecule has 0 amide bonds. The van der Waals surface area contributed by atoms with Gasteiger partial charge in [-0.3, -0.25) is 4.98 Å². The van der Waals surface area contributed by atoms with Crippen molar-refractivity contribution in [3.05, 3.63) is 34.9 Å². The number of thiazole rings is 1. The molecule has 2 heterocycles. The van der Waals surface area contributed by atoms with Crippen molar-refractivity contribution in [2.75, 3.05) is 26.8 Å². The lowest BCUT2D eigenvalue weighted by molar-refractivity contribution is 0.199. The topological polar surface area (TPSA) is 47.0 Å². The Morgan fingerprint density at radius 1 is 1.28 bits per heavy atom. The lowest BCUT2D eigenvalue weighted by atomic mass is 10.2. The summed E-state index contributed by atoms with van der Waals surface area (Å²) in [5.41, 5.74) is 2.16. The fraction of sp³-hybridized carbons (Fsp3) is 0.385. The average Bonchev–Trinajstić information content (AvgIpc) is 2.88. The summed E-state index contributed by atoms with van der Waals surface area (Å²) in [4.78, 5) is 8.63. The number of methoxy groups -OCH3 is 1. The predicted molar refractivity (Wildman–Crippen MR) is 73.8 cm³/mol. The van der Waals surface area contributed by atoms with Crippen LogP contribution in [0.3, 0.4) is 0 Å². The molecule has 0 spiro atoms. The van der Waals surface area contributed by atoms with E-state index in [1.54, 1.807) is 30.8 Å². The smallest absolute Gasteiger partial charge is 0.0945 e. The maximum Gasteiger partial charge on any atom is 0.0945 e. The van der Waals surface area contributed by atoms with Crippen LogP contribution in [-0.4, -0.2) is 36.8 Å². The molecule has 2 aromatic rings. The molecule has 0 aromatic carbocycles. The molecule has 2 aromatic heterocycles. The molecule has 96 valence electrons. The molecule has 0 bridgehead atoms. The van der Waals surface area contributed by atoms with Gasteiger partial charge in [0, 0.05) is 50.0 Å². The number of pyridine rings is 1. The Hall–Kier alpha value is -1.30. The molecule has 0 saturated carbocycles. The monoisotopic (exact) mass is 263 g/mol. The summed E-state index contributed by atoms with van der Waals surface area (Å²) in [7, 11) is 1.71. The molecule has 18 heavy (non-hydrogen) atoms. The van der Waals surface area contributed by atoms with Crippen LogP contribution in [0.2, 0.25) is 0 Å². The second-order valence-electron chi connectivity index (χ2n) is 3.86. The number of rotatable bonds is 7. The zero-order valence-electron chi connectivity index (χ0n) is 10.4. The number of hydrogen-bond acceptors (Lipinski definition) is 5. The minimum atomic E-state index is 0.750. The molecule has 0 fully saturated rings. The van der Waals surface area contributed by atoms with Crippen LogP contribution in [0.5, 0.6) is 0 Å². The summed E-state index contributed by atoms with van der Waals surface area (Å²) in [5, 5.41) is 6.57. The van der Waals surface area contributed by atoms with Gasteiger partial charge in [-0.1, -0.05) is 0 Å². The minimum absolute atomic E-state index is 0.750. The predicted octanol–water partition coefficient (Wildman–Crippen LogP) is 1.98. The molecule has 4 nitrogen and oxygen atoms in total. The van der Waals surface area contributed by atoms with Crippen molar-refractivity contribution < 1.29 is 4.74 Å². The van der Waals surface area contributed by atoms with Crippen LogP contribution in [0.4, 0.5) is 0 Å². The Labute approximate surface area is 111 Å². The Morgan fingerprint density at radius 2 is 2.11 bits per heavy atom. The van der Waals surface area contributed by atoms with Crippen molar-refractivity contribution in [3.8, 4) is 11.3 Å². The van der Waals surface area contributed by atoms with Gasteiger partial charge in [-0.2, -0.15) is 0 Å². The third-order valence-corrected chi connectivity index (χ3v) is 3.44. The number of nitrogens with zero attached hydrogens (tertiary/aromatic N) is 2. The van der Waals surface area contributed by atoms with Crippen LogP contribution >= 0.6 is 11.3 Å². The normalized spacial score (nSPS) is 10.7. The van der Waals surface area contributed by atoms with Gasteiger partial charge in [-0.25, -0.2) is 4.98 Å². The lowest BCUT2D eigenvalue weighted by Gasteiger charge is -2.01. The lowest BCUT2D eigenvalue weighted by Crippen LogP contribution is -2.21. The van der Waals surface area contributed by atoms with Gasteiger partial charge in [-0.15, -0.1) is 11.3 Å². The van der Waals surface area contributed by atoms with Gasteiger partial charge >= 0.3 is 0 Å². The fourth-order valence-corrected chi connectivity index (χ4v) is 2.38. The summed E-state index contributed by atoms with van der Waals surface area (Å²) in [6.07, 6.45) is 4.54. The first-order chi connectivity index (χ1) is 8.90. The van der Waals surface area contributed by atoms with Crippen molar-refractivity contribution in [1.82, 2.24) is 15.3 Å². The van der Waals surface area contributed by atoms with Crippen LogP contribution in [0, 0.1) is 0 Å². The Balaban J connectivity index is 1.83. The Bertz CT molecular complexity index is 458. The second-order valence-corrected chi connectivity index (χ2v) is 4.80. The summed E-state index contributed by atoms with van der Waals surface area (Å²) in [6.45, 7) is 2.58. The highest BCUT2D eigenvalue weighted by Gasteiger charge is 2.03. The van der Waals surface area contributed by atoms with Gasteiger partial charge in [0.05, 0.1) is 17.3 Å². The quantitative estimate of drug-likeness (QED) is 0.776. The zero-order valence-corrected chi connectivity index (χ0v) is 11.2. The molecule has 0 unspecified atom stereocenters. The molecule has 0 aliphatic carbocycles. The number of aromatic nitrogens is 2. The van der Waals surface area contributed by atoms with Crippen molar-refractivity contribution in [2.45, 2.75) is 6.42 Å². The molecule has 0 aliphatic rings. The summed E-state index contributed by atoms with van der Waals surface area (Å²) < 4.78 is 4.97. The third-order valence-electron chi connectivity index (χ3n) is 2.53. The molecular weight excluding hydrogens is 246 g/mol. The van der Waals surface area contributed by atoms with Gasteiger partial charge in [-0.05, 0) is 12.1 Å². The van der Waals surface area contributed by atoms with Crippen molar-refractivity contribution in [3.63, 3.8) is 0 Å².